The summed E-state index contributed by atoms with van der Waals surface area (Å²) in [4.78, 5) is 25.2. The van der Waals surface area contributed by atoms with E-state index in [9.17, 15) is 9.59 Å². The number of methoxy groups -OCH3 is 1. The predicted octanol–water partition coefficient (Wildman–Crippen LogP) is 11.1. The number of rotatable bonds is 36. The fraction of sp³-hybridized carbons (Fsp3) is 0.950. The monoisotopic (exact) mass is 671 g/mol. The van der Waals surface area contributed by atoms with Crippen LogP contribution in [0.25, 0.3) is 0 Å². The molecule has 0 spiro atoms. The molecule has 0 radical (unpaired) electrons. The fourth-order valence-corrected chi connectivity index (χ4v) is 5.57. The first-order chi connectivity index (χ1) is 22.7. The van der Waals surface area contributed by atoms with E-state index in [1.165, 1.54) is 103 Å². The summed E-state index contributed by atoms with van der Waals surface area (Å²) >= 11 is 0. The van der Waals surface area contributed by atoms with E-state index >= 15 is 0 Å². The van der Waals surface area contributed by atoms with Crippen LogP contribution >= 0.6 is 0 Å². The predicted molar refractivity (Wildman–Crippen MR) is 195 cm³/mol. The Hall–Kier alpha value is -1.18. The second kappa shape index (κ2) is 33.3. The van der Waals surface area contributed by atoms with Crippen LogP contribution in [0.15, 0.2) is 0 Å². The lowest BCUT2D eigenvalue weighted by Crippen LogP contribution is -2.34. The molecule has 2 atom stereocenters. The van der Waals surface area contributed by atoms with Crippen LogP contribution in [0.3, 0.4) is 0 Å². The Morgan fingerprint density at radius 2 is 1.00 bits per heavy atom. The summed E-state index contributed by atoms with van der Waals surface area (Å²) in [7, 11) is 1.69. The van der Waals surface area contributed by atoms with Crippen molar-refractivity contribution in [2.24, 2.45) is 0 Å². The molecule has 2 unspecified atom stereocenters. The summed E-state index contributed by atoms with van der Waals surface area (Å²) in [6, 6.07) is 0. The van der Waals surface area contributed by atoms with E-state index in [1.54, 1.807) is 7.11 Å². The van der Waals surface area contributed by atoms with Crippen LogP contribution in [0, 0.1) is 0 Å². The first kappa shape index (κ1) is 45.8. The molecular formula is C40H78O7. The second-order valence-electron chi connectivity index (χ2n) is 14.3. The minimum atomic E-state index is -0.625. The van der Waals surface area contributed by atoms with E-state index in [2.05, 4.69) is 13.8 Å². The van der Waals surface area contributed by atoms with Gasteiger partial charge in [-0.2, -0.15) is 0 Å². The van der Waals surface area contributed by atoms with Gasteiger partial charge in [-0.3, -0.25) is 9.59 Å². The van der Waals surface area contributed by atoms with Gasteiger partial charge in [0, 0.05) is 26.6 Å². The van der Waals surface area contributed by atoms with E-state index in [0.717, 1.165) is 44.9 Å². The zero-order chi connectivity index (χ0) is 34.9. The maximum absolute atomic E-state index is 12.7. The fourth-order valence-electron chi connectivity index (χ4n) is 5.57. The number of hydrogen-bond acceptors (Lipinski definition) is 7. The molecule has 280 valence electrons. The maximum atomic E-state index is 12.7. The van der Waals surface area contributed by atoms with E-state index in [-0.39, 0.29) is 36.9 Å². The second-order valence-corrected chi connectivity index (χ2v) is 14.3. The molecule has 0 aliphatic rings. The van der Waals surface area contributed by atoms with Crippen LogP contribution in [0.5, 0.6) is 0 Å². The zero-order valence-electron chi connectivity index (χ0n) is 32.0. The molecule has 0 bridgehead atoms. The quantitative estimate of drug-likeness (QED) is 0.0485. The minimum Gasteiger partial charge on any atom is -0.462 e. The van der Waals surface area contributed by atoms with Crippen molar-refractivity contribution in [1.82, 2.24) is 0 Å². The standard InChI is InChI=1S/C40H78O7/c1-7-9-11-13-15-17-19-21-23-25-27-29-38(41)45-35-37(34-44-36(3)33-46-40(4,5)31-32-43-6)47-39(42)30-28-26-24-22-20-18-16-14-12-10-8-2/h36-37H,7-35H2,1-6H3. The molecular weight excluding hydrogens is 592 g/mol. The zero-order valence-corrected chi connectivity index (χ0v) is 32.0. The smallest absolute Gasteiger partial charge is 0.306 e. The van der Waals surface area contributed by atoms with Crippen LogP contribution in [0.4, 0.5) is 0 Å². The SMILES string of the molecule is CCCCCCCCCCCCCC(=O)OCC(COC(C)COC(C)(C)CCOC)OC(=O)CCCCCCCCCCCCC. The summed E-state index contributed by atoms with van der Waals surface area (Å²) in [5.74, 6) is -0.482. The first-order valence-electron chi connectivity index (χ1n) is 19.8. The number of ether oxygens (including phenoxy) is 5. The highest BCUT2D eigenvalue weighted by atomic mass is 16.6. The van der Waals surface area contributed by atoms with Gasteiger partial charge in [0.15, 0.2) is 6.10 Å². The van der Waals surface area contributed by atoms with Gasteiger partial charge in [-0.05, 0) is 40.0 Å². The number of unbranched alkanes of at least 4 members (excludes halogenated alkanes) is 20. The Labute approximate surface area is 291 Å². The molecule has 0 aromatic heterocycles. The Morgan fingerprint density at radius 3 is 1.45 bits per heavy atom. The summed E-state index contributed by atoms with van der Waals surface area (Å²) < 4.78 is 28.5. The molecule has 0 amide bonds. The Morgan fingerprint density at radius 1 is 0.574 bits per heavy atom. The Kier molecular flexibility index (Phi) is 32.5. The van der Waals surface area contributed by atoms with Crippen LogP contribution in [0.2, 0.25) is 0 Å². The molecule has 0 aromatic rings. The van der Waals surface area contributed by atoms with Crippen molar-refractivity contribution in [2.75, 3.05) is 33.5 Å². The highest BCUT2D eigenvalue weighted by molar-refractivity contribution is 5.70. The molecule has 0 saturated heterocycles. The van der Waals surface area contributed by atoms with E-state index in [1.807, 2.05) is 20.8 Å². The van der Waals surface area contributed by atoms with Crippen molar-refractivity contribution in [3.63, 3.8) is 0 Å². The molecule has 0 aromatic carbocycles. The average Bonchev–Trinajstić information content (AvgIpc) is 3.05. The van der Waals surface area contributed by atoms with Crippen LogP contribution in [-0.2, 0) is 33.3 Å². The largest absolute Gasteiger partial charge is 0.462 e. The van der Waals surface area contributed by atoms with Gasteiger partial charge in [-0.1, -0.05) is 142 Å². The summed E-state index contributed by atoms with van der Waals surface area (Å²) in [5, 5.41) is 0. The number of hydrogen-bond donors (Lipinski definition) is 0. The Bertz CT molecular complexity index is 696. The summed E-state index contributed by atoms with van der Waals surface area (Å²) in [5.41, 5.74) is -0.322. The van der Waals surface area contributed by atoms with Gasteiger partial charge in [-0.25, -0.2) is 0 Å². The van der Waals surface area contributed by atoms with Gasteiger partial charge in [0.2, 0.25) is 0 Å². The topological polar surface area (TPSA) is 80.3 Å². The lowest BCUT2D eigenvalue weighted by Gasteiger charge is -2.27. The van der Waals surface area contributed by atoms with Crippen molar-refractivity contribution in [2.45, 2.75) is 213 Å². The van der Waals surface area contributed by atoms with Gasteiger partial charge in [-0.15, -0.1) is 0 Å². The van der Waals surface area contributed by atoms with Crippen LogP contribution in [0.1, 0.15) is 195 Å². The molecule has 47 heavy (non-hydrogen) atoms. The third kappa shape index (κ3) is 33.1. The molecule has 0 aliphatic heterocycles. The van der Waals surface area contributed by atoms with Crippen LogP contribution < -0.4 is 0 Å². The number of carbonyl (C=O) groups is 2. The van der Waals surface area contributed by atoms with Crippen molar-refractivity contribution < 1.29 is 33.3 Å². The normalized spacial score (nSPS) is 13.1. The number of carbonyl (C=O) groups excluding carboxylic acids is 2. The third-order valence-electron chi connectivity index (χ3n) is 8.88. The molecule has 0 saturated carbocycles. The Balaban J connectivity index is 4.42. The van der Waals surface area contributed by atoms with Crippen molar-refractivity contribution in [1.29, 1.82) is 0 Å². The van der Waals surface area contributed by atoms with E-state index in [0.29, 0.717) is 26.1 Å². The van der Waals surface area contributed by atoms with Gasteiger partial charge < -0.3 is 23.7 Å². The number of esters is 2. The molecule has 7 nitrogen and oxygen atoms in total. The van der Waals surface area contributed by atoms with Gasteiger partial charge in [0.05, 0.1) is 24.9 Å². The lowest BCUT2D eigenvalue weighted by atomic mass is 10.1. The van der Waals surface area contributed by atoms with Gasteiger partial charge >= 0.3 is 11.9 Å². The molecule has 0 fully saturated rings. The first-order valence-corrected chi connectivity index (χ1v) is 19.8. The highest BCUT2D eigenvalue weighted by Crippen LogP contribution is 2.17. The molecule has 0 rings (SSSR count). The van der Waals surface area contributed by atoms with Crippen molar-refractivity contribution in [3.05, 3.63) is 0 Å². The summed E-state index contributed by atoms with van der Waals surface area (Å²) in [6.45, 7) is 11.7. The molecule has 0 aliphatic carbocycles. The lowest BCUT2D eigenvalue weighted by molar-refractivity contribution is -0.166. The van der Waals surface area contributed by atoms with E-state index < -0.39 is 6.10 Å². The molecule has 7 heteroatoms. The molecule has 0 N–H and O–H groups in total. The minimum absolute atomic E-state index is 0.0216. The highest BCUT2D eigenvalue weighted by Gasteiger charge is 2.22. The van der Waals surface area contributed by atoms with Crippen molar-refractivity contribution >= 4 is 11.9 Å². The summed E-state index contributed by atoms with van der Waals surface area (Å²) in [6.07, 6.45) is 27.9. The van der Waals surface area contributed by atoms with Crippen molar-refractivity contribution in [3.8, 4) is 0 Å². The van der Waals surface area contributed by atoms with Gasteiger partial charge in [0.1, 0.15) is 6.61 Å². The van der Waals surface area contributed by atoms with Gasteiger partial charge in [0.25, 0.3) is 0 Å². The average molecular weight is 671 g/mol. The molecule has 0 heterocycles. The third-order valence-corrected chi connectivity index (χ3v) is 8.88. The maximum Gasteiger partial charge on any atom is 0.306 e. The van der Waals surface area contributed by atoms with E-state index in [4.69, 9.17) is 23.7 Å². The van der Waals surface area contributed by atoms with Crippen LogP contribution in [-0.4, -0.2) is 63.3 Å².